The first-order valence-electron chi connectivity index (χ1n) is 6.58. The number of hydrazine groups is 1. The Hall–Kier alpha value is -0.880. The van der Waals surface area contributed by atoms with Crippen molar-refractivity contribution in [3.05, 3.63) is 0 Å². The van der Waals surface area contributed by atoms with Crippen LogP contribution >= 0.6 is 12.2 Å². The molecule has 0 aromatic rings. The molecule has 1 aliphatic carbocycles. The van der Waals surface area contributed by atoms with Gasteiger partial charge in [-0.25, -0.2) is 5.43 Å². The number of esters is 1. The Bertz CT molecular complexity index is 340. The van der Waals surface area contributed by atoms with Crippen LogP contribution in [0.25, 0.3) is 0 Å². The number of nitrogens with one attached hydrogen (secondary N) is 2. The van der Waals surface area contributed by atoms with Gasteiger partial charge in [0.05, 0.1) is 6.61 Å². The summed E-state index contributed by atoms with van der Waals surface area (Å²) in [4.78, 5) is 11.5. The van der Waals surface area contributed by atoms with Gasteiger partial charge in [0.25, 0.3) is 0 Å². The van der Waals surface area contributed by atoms with Crippen LogP contribution in [0.1, 0.15) is 39.5 Å². The van der Waals surface area contributed by atoms with Crippen molar-refractivity contribution in [2.75, 3.05) is 13.2 Å². The summed E-state index contributed by atoms with van der Waals surface area (Å²) in [5, 5.41) is 5.62. The molecular weight excluding hydrogens is 250 g/mol. The molecule has 0 amide bonds. The Morgan fingerprint density at radius 3 is 2.83 bits per heavy atom. The van der Waals surface area contributed by atoms with Gasteiger partial charge in [0, 0.05) is 0 Å². The average molecular weight is 271 g/mol. The fraction of sp³-hybridized carbons (Fsp3) is 0.833. The number of carbonyl (C=O) groups excluding carboxylic acids is 1. The van der Waals surface area contributed by atoms with Crippen molar-refractivity contribution < 1.29 is 9.53 Å². The molecule has 18 heavy (non-hydrogen) atoms. The van der Waals surface area contributed by atoms with Crippen LogP contribution in [0, 0.1) is 5.92 Å². The van der Waals surface area contributed by atoms with Gasteiger partial charge in [-0.05, 0) is 50.7 Å². The van der Waals surface area contributed by atoms with Crippen LogP contribution < -0.4 is 10.7 Å². The fourth-order valence-electron chi connectivity index (χ4n) is 2.55. The monoisotopic (exact) mass is 271 g/mol. The third-order valence-corrected chi connectivity index (χ3v) is 3.98. The molecule has 102 valence electrons. The van der Waals surface area contributed by atoms with E-state index >= 15 is 0 Å². The Balaban J connectivity index is 1.92. The Morgan fingerprint density at radius 1 is 1.56 bits per heavy atom. The molecule has 1 saturated carbocycles. The topological polar surface area (TPSA) is 53.6 Å². The molecule has 0 atom stereocenters. The number of carbonyl (C=O) groups is 1. The van der Waals surface area contributed by atoms with E-state index in [0.717, 1.165) is 18.8 Å². The Morgan fingerprint density at radius 2 is 2.22 bits per heavy atom. The number of hydrogen-bond acceptors (Lipinski definition) is 4. The van der Waals surface area contributed by atoms with Crippen molar-refractivity contribution >= 4 is 23.3 Å². The van der Waals surface area contributed by atoms with E-state index < -0.39 is 0 Å². The lowest BCUT2D eigenvalue weighted by molar-refractivity contribution is -0.144. The van der Waals surface area contributed by atoms with E-state index in [1.807, 2.05) is 0 Å². The Kier molecular flexibility index (Phi) is 4.07. The molecule has 0 bridgehead atoms. The summed E-state index contributed by atoms with van der Waals surface area (Å²) >= 11 is 5.27. The van der Waals surface area contributed by atoms with Gasteiger partial charge in [0.1, 0.15) is 12.2 Å². The first kappa shape index (κ1) is 13.5. The summed E-state index contributed by atoms with van der Waals surface area (Å²) in [6, 6.07) is 0. The van der Waals surface area contributed by atoms with Gasteiger partial charge in [-0.1, -0.05) is 6.92 Å². The second-order valence-corrected chi connectivity index (χ2v) is 5.58. The minimum Gasteiger partial charge on any atom is -0.465 e. The van der Waals surface area contributed by atoms with Crippen LogP contribution in [-0.4, -0.2) is 34.9 Å². The van der Waals surface area contributed by atoms with E-state index in [-0.39, 0.29) is 18.2 Å². The maximum Gasteiger partial charge on any atom is 0.327 e. The quantitative estimate of drug-likeness (QED) is 0.593. The molecular formula is C12H21N3O2S. The SMILES string of the molecule is CCOC(=O)CN1NC2(CCC(C)CC2)NC1=S. The third kappa shape index (κ3) is 2.92. The predicted octanol–water partition coefficient (Wildman–Crippen LogP) is 1.15. The van der Waals surface area contributed by atoms with Crippen molar-refractivity contribution in [1.29, 1.82) is 0 Å². The van der Waals surface area contributed by atoms with Gasteiger partial charge in [-0.3, -0.25) is 9.80 Å². The summed E-state index contributed by atoms with van der Waals surface area (Å²) in [6.07, 6.45) is 4.42. The molecule has 1 spiro atoms. The highest BCUT2D eigenvalue weighted by Gasteiger charge is 2.42. The van der Waals surface area contributed by atoms with Crippen LogP contribution in [0.5, 0.6) is 0 Å². The molecule has 5 nitrogen and oxygen atoms in total. The minimum atomic E-state index is -0.254. The van der Waals surface area contributed by atoms with Gasteiger partial charge in [0.2, 0.25) is 0 Å². The number of nitrogens with zero attached hydrogens (tertiary/aromatic N) is 1. The summed E-state index contributed by atoms with van der Waals surface area (Å²) in [5.41, 5.74) is 3.20. The van der Waals surface area contributed by atoms with E-state index in [2.05, 4.69) is 17.7 Å². The molecule has 0 aromatic heterocycles. The van der Waals surface area contributed by atoms with Crippen molar-refractivity contribution in [1.82, 2.24) is 15.8 Å². The second kappa shape index (κ2) is 5.40. The van der Waals surface area contributed by atoms with Crippen molar-refractivity contribution in [2.45, 2.75) is 45.2 Å². The number of ether oxygens (including phenoxy) is 1. The van der Waals surface area contributed by atoms with Crippen LogP contribution in [0.15, 0.2) is 0 Å². The molecule has 1 aliphatic heterocycles. The zero-order valence-corrected chi connectivity index (χ0v) is 11.8. The highest BCUT2D eigenvalue weighted by Crippen LogP contribution is 2.32. The molecule has 2 N–H and O–H groups in total. The van der Waals surface area contributed by atoms with Gasteiger partial charge in [-0.2, -0.15) is 0 Å². The third-order valence-electron chi connectivity index (χ3n) is 3.66. The standard InChI is InChI=1S/C12H21N3O2S/c1-3-17-10(16)8-15-11(18)13-12(14-15)6-4-9(2)5-7-12/h9,14H,3-8H2,1-2H3,(H,13,18). The molecule has 6 heteroatoms. The van der Waals surface area contributed by atoms with Crippen molar-refractivity contribution in [3.8, 4) is 0 Å². The lowest BCUT2D eigenvalue weighted by atomic mass is 9.83. The number of rotatable bonds is 3. The van der Waals surface area contributed by atoms with Gasteiger partial charge in [0.15, 0.2) is 5.11 Å². The second-order valence-electron chi connectivity index (χ2n) is 5.20. The minimum absolute atomic E-state index is 0.143. The highest BCUT2D eigenvalue weighted by molar-refractivity contribution is 7.80. The molecule has 1 saturated heterocycles. The average Bonchev–Trinajstić information content (AvgIpc) is 2.61. The maximum atomic E-state index is 11.5. The summed E-state index contributed by atoms with van der Waals surface area (Å²) in [6.45, 7) is 4.64. The zero-order valence-electron chi connectivity index (χ0n) is 11.0. The summed E-state index contributed by atoms with van der Waals surface area (Å²) in [7, 11) is 0. The maximum absolute atomic E-state index is 11.5. The first-order chi connectivity index (χ1) is 8.54. The molecule has 1 heterocycles. The van der Waals surface area contributed by atoms with Gasteiger partial charge < -0.3 is 10.1 Å². The van der Waals surface area contributed by atoms with Gasteiger partial charge in [-0.15, -0.1) is 0 Å². The largest absolute Gasteiger partial charge is 0.465 e. The van der Waals surface area contributed by atoms with E-state index in [9.17, 15) is 4.79 Å². The zero-order chi connectivity index (χ0) is 13.2. The molecule has 0 radical (unpaired) electrons. The van der Waals surface area contributed by atoms with Crippen molar-refractivity contribution in [3.63, 3.8) is 0 Å². The molecule has 0 aromatic carbocycles. The van der Waals surface area contributed by atoms with Crippen LogP contribution in [0.4, 0.5) is 0 Å². The summed E-state index contributed by atoms with van der Waals surface area (Å²) < 4.78 is 4.94. The van der Waals surface area contributed by atoms with E-state index in [1.165, 1.54) is 12.8 Å². The van der Waals surface area contributed by atoms with Gasteiger partial charge >= 0.3 is 5.97 Å². The number of thiocarbonyl (C=S) groups is 1. The van der Waals surface area contributed by atoms with E-state index in [0.29, 0.717) is 11.7 Å². The number of hydrogen-bond donors (Lipinski definition) is 2. The van der Waals surface area contributed by atoms with Crippen molar-refractivity contribution in [2.24, 2.45) is 5.92 Å². The highest BCUT2D eigenvalue weighted by atomic mass is 32.1. The lowest BCUT2D eigenvalue weighted by Gasteiger charge is -2.36. The van der Waals surface area contributed by atoms with E-state index in [1.54, 1.807) is 11.9 Å². The Labute approximate surface area is 113 Å². The smallest absolute Gasteiger partial charge is 0.327 e. The summed E-state index contributed by atoms with van der Waals surface area (Å²) in [5.74, 6) is 0.516. The first-order valence-corrected chi connectivity index (χ1v) is 6.98. The fourth-order valence-corrected chi connectivity index (χ4v) is 2.85. The lowest BCUT2D eigenvalue weighted by Crippen LogP contribution is -2.53. The molecule has 2 aliphatic rings. The van der Waals surface area contributed by atoms with Crippen LogP contribution in [-0.2, 0) is 9.53 Å². The van der Waals surface area contributed by atoms with Crippen LogP contribution in [0.3, 0.4) is 0 Å². The van der Waals surface area contributed by atoms with E-state index in [4.69, 9.17) is 17.0 Å². The van der Waals surface area contributed by atoms with Crippen LogP contribution in [0.2, 0.25) is 0 Å². The molecule has 2 fully saturated rings. The predicted molar refractivity (Wildman–Crippen MR) is 72.6 cm³/mol. The molecule has 0 unspecified atom stereocenters. The molecule has 2 rings (SSSR count). The normalized spacial score (nSPS) is 31.6.